The monoisotopic (exact) mass is 409 g/mol. The topological polar surface area (TPSA) is 108 Å². The third-order valence-electron chi connectivity index (χ3n) is 5.06. The van der Waals surface area contributed by atoms with Crippen LogP contribution in [-0.2, 0) is 4.79 Å². The van der Waals surface area contributed by atoms with Crippen LogP contribution in [0.15, 0.2) is 53.6 Å². The second-order valence-corrected chi connectivity index (χ2v) is 6.92. The van der Waals surface area contributed by atoms with Gasteiger partial charge in [-0.15, -0.1) is 0 Å². The summed E-state index contributed by atoms with van der Waals surface area (Å²) in [6, 6.07) is 13.4. The molecule has 8 nitrogen and oxygen atoms in total. The van der Waals surface area contributed by atoms with Gasteiger partial charge < -0.3 is 14.7 Å². The Kier molecular flexibility index (Phi) is 6.79. The van der Waals surface area contributed by atoms with Crippen molar-refractivity contribution in [3.8, 4) is 5.75 Å². The summed E-state index contributed by atoms with van der Waals surface area (Å²) < 4.78 is 5.10. The molecule has 1 heterocycles. The molecular formula is C22H23N3O5. The molecule has 1 aliphatic heterocycles. The summed E-state index contributed by atoms with van der Waals surface area (Å²) in [6.07, 6.45) is 2.40. The first kappa shape index (κ1) is 21.0. The molecule has 2 amide bonds. The Morgan fingerprint density at radius 3 is 2.40 bits per heavy atom. The highest BCUT2D eigenvalue weighted by atomic mass is 16.5. The van der Waals surface area contributed by atoms with E-state index in [4.69, 9.17) is 9.84 Å². The van der Waals surface area contributed by atoms with Crippen molar-refractivity contribution in [1.82, 2.24) is 10.3 Å². The van der Waals surface area contributed by atoms with Gasteiger partial charge in [-0.25, -0.2) is 10.2 Å². The Bertz CT molecular complexity index is 948. The summed E-state index contributed by atoms with van der Waals surface area (Å²) in [6.45, 7) is 0.961. The fourth-order valence-corrected chi connectivity index (χ4v) is 3.32. The van der Waals surface area contributed by atoms with E-state index in [-0.39, 0.29) is 23.3 Å². The van der Waals surface area contributed by atoms with E-state index in [2.05, 4.69) is 10.5 Å². The standard InChI is InChI=1S/C22H23N3O5/c1-30-18-8-6-16(7-9-18)21(27)25-12-10-15(11-13-25)20(26)24-23-14-17-4-2-3-5-19(17)22(28)29/h2-9,14-15H,10-13H2,1H3,(H,24,26)(H,28,29)/b23-14-. The van der Waals surface area contributed by atoms with Crippen molar-refractivity contribution in [2.24, 2.45) is 11.0 Å². The van der Waals surface area contributed by atoms with Gasteiger partial charge in [-0.05, 0) is 43.2 Å². The van der Waals surface area contributed by atoms with Crippen molar-refractivity contribution in [2.45, 2.75) is 12.8 Å². The van der Waals surface area contributed by atoms with Crippen LogP contribution in [0.3, 0.4) is 0 Å². The molecule has 3 rings (SSSR count). The maximum atomic E-state index is 12.6. The van der Waals surface area contributed by atoms with Gasteiger partial charge >= 0.3 is 5.97 Å². The lowest BCUT2D eigenvalue weighted by Crippen LogP contribution is -2.42. The van der Waals surface area contributed by atoms with Gasteiger partial charge in [0.15, 0.2) is 0 Å². The number of ether oxygens (including phenoxy) is 1. The van der Waals surface area contributed by atoms with E-state index < -0.39 is 5.97 Å². The molecule has 0 aromatic heterocycles. The Balaban J connectivity index is 1.51. The number of nitrogens with zero attached hydrogens (tertiary/aromatic N) is 2. The highest BCUT2D eigenvalue weighted by Crippen LogP contribution is 2.20. The predicted octanol–water partition coefficient (Wildman–Crippen LogP) is 2.40. The van der Waals surface area contributed by atoms with Crippen LogP contribution in [-0.4, -0.2) is 54.2 Å². The second-order valence-electron chi connectivity index (χ2n) is 6.92. The number of rotatable bonds is 6. The molecule has 30 heavy (non-hydrogen) atoms. The number of carboxylic acid groups (broad SMARTS) is 1. The van der Waals surface area contributed by atoms with Gasteiger partial charge in [-0.2, -0.15) is 5.10 Å². The SMILES string of the molecule is COc1ccc(C(=O)N2CCC(C(=O)N/N=C\c3ccccc3C(=O)O)CC2)cc1. The van der Waals surface area contributed by atoms with Crippen molar-refractivity contribution in [3.05, 3.63) is 65.2 Å². The van der Waals surface area contributed by atoms with Gasteiger partial charge in [-0.3, -0.25) is 9.59 Å². The zero-order chi connectivity index (χ0) is 21.5. The lowest BCUT2D eigenvalue weighted by molar-refractivity contribution is -0.126. The molecule has 2 aromatic carbocycles. The predicted molar refractivity (Wildman–Crippen MR) is 111 cm³/mol. The maximum Gasteiger partial charge on any atom is 0.336 e. The van der Waals surface area contributed by atoms with Crippen LogP contribution in [0.1, 0.15) is 39.1 Å². The van der Waals surface area contributed by atoms with Crippen molar-refractivity contribution in [3.63, 3.8) is 0 Å². The first-order valence-corrected chi connectivity index (χ1v) is 9.58. The van der Waals surface area contributed by atoms with Crippen LogP contribution >= 0.6 is 0 Å². The molecule has 0 spiro atoms. The smallest absolute Gasteiger partial charge is 0.336 e. The average molecular weight is 409 g/mol. The van der Waals surface area contributed by atoms with Crippen molar-refractivity contribution >= 4 is 24.0 Å². The number of methoxy groups -OCH3 is 1. The van der Waals surface area contributed by atoms with E-state index in [1.807, 2.05) is 0 Å². The third-order valence-corrected chi connectivity index (χ3v) is 5.06. The number of piperidine rings is 1. The molecule has 0 aliphatic carbocycles. The second kappa shape index (κ2) is 9.69. The minimum Gasteiger partial charge on any atom is -0.497 e. The summed E-state index contributed by atoms with van der Waals surface area (Å²) in [5, 5.41) is 13.1. The number of carbonyl (C=O) groups excluding carboxylic acids is 2. The molecule has 156 valence electrons. The van der Waals surface area contributed by atoms with E-state index in [1.54, 1.807) is 54.5 Å². The molecule has 1 aliphatic rings. The summed E-state index contributed by atoms with van der Waals surface area (Å²) in [4.78, 5) is 37.9. The van der Waals surface area contributed by atoms with Crippen molar-refractivity contribution in [1.29, 1.82) is 0 Å². The first-order chi connectivity index (χ1) is 14.5. The van der Waals surface area contributed by atoms with Gasteiger partial charge in [0.05, 0.1) is 18.9 Å². The minimum absolute atomic E-state index is 0.0696. The van der Waals surface area contributed by atoms with E-state index in [1.165, 1.54) is 12.3 Å². The fraction of sp³-hybridized carbons (Fsp3) is 0.273. The molecule has 0 saturated carbocycles. The summed E-state index contributed by atoms with van der Waals surface area (Å²) in [5.41, 5.74) is 3.58. The minimum atomic E-state index is -1.06. The van der Waals surface area contributed by atoms with Gasteiger partial charge in [-0.1, -0.05) is 18.2 Å². The van der Waals surface area contributed by atoms with Crippen LogP contribution in [0.25, 0.3) is 0 Å². The number of likely N-dealkylation sites (tertiary alicyclic amines) is 1. The largest absolute Gasteiger partial charge is 0.497 e. The number of amides is 2. The Morgan fingerprint density at radius 1 is 1.10 bits per heavy atom. The lowest BCUT2D eigenvalue weighted by atomic mass is 9.95. The highest BCUT2D eigenvalue weighted by Gasteiger charge is 2.27. The first-order valence-electron chi connectivity index (χ1n) is 9.58. The highest BCUT2D eigenvalue weighted by molar-refractivity contribution is 5.98. The quantitative estimate of drug-likeness (QED) is 0.563. The Labute approximate surface area is 174 Å². The number of hydrogen-bond acceptors (Lipinski definition) is 5. The van der Waals surface area contributed by atoms with Gasteiger partial charge in [0.1, 0.15) is 5.75 Å². The number of hydrazone groups is 1. The normalized spacial score (nSPS) is 14.5. The number of carboxylic acids is 1. The number of benzene rings is 2. The zero-order valence-corrected chi connectivity index (χ0v) is 16.6. The molecule has 2 N–H and O–H groups in total. The third kappa shape index (κ3) is 5.02. The molecule has 0 bridgehead atoms. The van der Waals surface area contributed by atoms with E-state index in [0.717, 1.165) is 0 Å². The summed E-state index contributed by atoms with van der Waals surface area (Å²) >= 11 is 0. The molecule has 1 fully saturated rings. The van der Waals surface area contributed by atoms with E-state index in [9.17, 15) is 14.4 Å². The molecular weight excluding hydrogens is 386 g/mol. The molecule has 8 heteroatoms. The number of carbonyl (C=O) groups is 3. The van der Waals surface area contributed by atoms with Crippen molar-refractivity contribution in [2.75, 3.05) is 20.2 Å². The van der Waals surface area contributed by atoms with Crippen LogP contribution in [0.4, 0.5) is 0 Å². The van der Waals surface area contributed by atoms with Crippen LogP contribution in [0.5, 0.6) is 5.75 Å². The zero-order valence-electron chi connectivity index (χ0n) is 16.6. The van der Waals surface area contributed by atoms with Gasteiger partial charge in [0.2, 0.25) is 5.91 Å². The van der Waals surface area contributed by atoms with E-state index >= 15 is 0 Å². The molecule has 0 atom stereocenters. The Morgan fingerprint density at radius 2 is 1.77 bits per heavy atom. The molecule has 0 unspecified atom stereocenters. The number of nitrogens with one attached hydrogen (secondary N) is 1. The number of aromatic carboxylic acids is 1. The Hall–Kier alpha value is -3.68. The fourth-order valence-electron chi connectivity index (χ4n) is 3.32. The number of hydrogen-bond donors (Lipinski definition) is 2. The van der Waals surface area contributed by atoms with Gasteiger partial charge in [0, 0.05) is 30.1 Å². The van der Waals surface area contributed by atoms with Crippen molar-refractivity contribution < 1.29 is 24.2 Å². The van der Waals surface area contributed by atoms with Crippen LogP contribution < -0.4 is 10.2 Å². The summed E-state index contributed by atoms with van der Waals surface area (Å²) in [7, 11) is 1.57. The molecule has 0 radical (unpaired) electrons. The van der Waals surface area contributed by atoms with Gasteiger partial charge in [0.25, 0.3) is 5.91 Å². The van der Waals surface area contributed by atoms with Crippen LogP contribution in [0.2, 0.25) is 0 Å². The lowest BCUT2D eigenvalue weighted by Gasteiger charge is -2.31. The summed E-state index contributed by atoms with van der Waals surface area (Å²) in [5.74, 6) is -0.932. The molecule has 2 aromatic rings. The van der Waals surface area contributed by atoms with E-state index in [0.29, 0.717) is 42.8 Å². The van der Waals surface area contributed by atoms with Crippen LogP contribution in [0, 0.1) is 5.92 Å². The molecule has 1 saturated heterocycles. The average Bonchev–Trinajstić information content (AvgIpc) is 2.79. The maximum absolute atomic E-state index is 12.6.